The second kappa shape index (κ2) is 6.83. The monoisotopic (exact) mass is 288 g/mol. The molecule has 0 aliphatic rings. The molecule has 0 aliphatic carbocycles. The molecule has 0 heterocycles. The van der Waals surface area contributed by atoms with E-state index in [1.54, 1.807) is 0 Å². The molecule has 2 aromatic carbocycles. The van der Waals surface area contributed by atoms with Crippen LogP contribution in [0.3, 0.4) is 0 Å². The third-order valence-corrected chi connectivity index (χ3v) is 3.07. The molecule has 2 rings (SSSR count). The first kappa shape index (κ1) is 15.0. The van der Waals surface area contributed by atoms with Crippen LogP contribution in [0.1, 0.15) is 11.6 Å². The molecule has 0 spiro atoms. The van der Waals surface area contributed by atoms with Gasteiger partial charge in [-0.25, -0.2) is 0 Å². The lowest BCUT2D eigenvalue weighted by atomic mass is 10.0. The lowest BCUT2D eigenvalue weighted by Crippen LogP contribution is -2.31. The van der Waals surface area contributed by atoms with Gasteiger partial charge in [0, 0.05) is 12.1 Å². The minimum atomic E-state index is -0.873. The molecule has 2 aromatic rings. The molecule has 2 atom stereocenters. The number of benzene rings is 2. The van der Waals surface area contributed by atoms with Crippen LogP contribution in [-0.2, 0) is 0 Å². The highest BCUT2D eigenvalue weighted by atomic mass is 16.6. The SMILES string of the molecule is NC(c1ccccc1)C(O)COc1ccc([N+](=O)[O-])cc1. The number of non-ortho nitro benzene ring substituents is 1. The van der Waals surface area contributed by atoms with Gasteiger partial charge in [-0.2, -0.15) is 0 Å². The maximum atomic E-state index is 10.5. The maximum Gasteiger partial charge on any atom is 0.269 e. The molecule has 2 unspecified atom stereocenters. The Morgan fingerprint density at radius 2 is 1.76 bits per heavy atom. The van der Waals surface area contributed by atoms with E-state index in [1.807, 2.05) is 30.3 Å². The Bertz CT molecular complexity index is 586. The van der Waals surface area contributed by atoms with Gasteiger partial charge in [0.1, 0.15) is 18.5 Å². The predicted octanol–water partition coefficient (Wildman–Crippen LogP) is 2.03. The van der Waals surface area contributed by atoms with E-state index in [4.69, 9.17) is 10.5 Å². The number of nitrogens with zero attached hydrogens (tertiary/aromatic N) is 1. The summed E-state index contributed by atoms with van der Waals surface area (Å²) >= 11 is 0. The zero-order chi connectivity index (χ0) is 15.2. The number of rotatable bonds is 6. The van der Waals surface area contributed by atoms with E-state index in [0.717, 1.165) is 5.56 Å². The van der Waals surface area contributed by atoms with Crippen LogP contribution in [0.25, 0.3) is 0 Å². The first-order valence-electron chi connectivity index (χ1n) is 6.44. The summed E-state index contributed by atoms with van der Waals surface area (Å²) in [7, 11) is 0. The molecule has 0 fully saturated rings. The van der Waals surface area contributed by atoms with Crippen molar-refractivity contribution in [2.45, 2.75) is 12.1 Å². The molecule has 21 heavy (non-hydrogen) atoms. The molecule has 0 amide bonds. The fourth-order valence-corrected chi connectivity index (χ4v) is 1.85. The smallest absolute Gasteiger partial charge is 0.269 e. The van der Waals surface area contributed by atoms with E-state index in [2.05, 4.69) is 0 Å². The number of aliphatic hydroxyl groups is 1. The van der Waals surface area contributed by atoms with Crippen molar-refractivity contribution < 1.29 is 14.8 Å². The van der Waals surface area contributed by atoms with Gasteiger partial charge in [-0.1, -0.05) is 30.3 Å². The van der Waals surface area contributed by atoms with Crippen LogP contribution >= 0.6 is 0 Å². The van der Waals surface area contributed by atoms with Crippen molar-refractivity contribution in [3.8, 4) is 5.75 Å². The summed E-state index contributed by atoms with van der Waals surface area (Å²) in [5.41, 5.74) is 6.75. The molecule has 0 bridgehead atoms. The van der Waals surface area contributed by atoms with E-state index < -0.39 is 17.1 Å². The highest BCUT2D eigenvalue weighted by Crippen LogP contribution is 2.19. The molecule has 6 heteroatoms. The second-order valence-electron chi connectivity index (χ2n) is 4.57. The topological polar surface area (TPSA) is 98.6 Å². The molecular formula is C15H16N2O4. The van der Waals surface area contributed by atoms with Crippen LogP contribution in [-0.4, -0.2) is 22.7 Å². The fraction of sp³-hybridized carbons (Fsp3) is 0.200. The highest BCUT2D eigenvalue weighted by molar-refractivity contribution is 5.36. The van der Waals surface area contributed by atoms with Gasteiger partial charge in [0.25, 0.3) is 5.69 Å². The number of nitro benzene ring substituents is 1. The highest BCUT2D eigenvalue weighted by Gasteiger charge is 2.17. The molecule has 0 saturated heterocycles. The van der Waals surface area contributed by atoms with Crippen molar-refractivity contribution in [2.24, 2.45) is 5.73 Å². The summed E-state index contributed by atoms with van der Waals surface area (Å²) in [6, 6.07) is 14.3. The molecule has 6 nitrogen and oxygen atoms in total. The molecule has 110 valence electrons. The lowest BCUT2D eigenvalue weighted by molar-refractivity contribution is -0.384. The third-order valence-electron chi connectivity index (χ3n) is 3.07. The Morgan fingerprint density at radius 3 is 2.33 bits per heavy atom. The van der Waals surface area contributed by atoms with Gasteiger partial charge in [0.15, 0.2) is 0 Å². The summed E-state index contributed by atoms with van der Waals surface area (Å²) in [6.45, 7) is 0.00781. The summed E-state index contributed by atoms with van der Waals surface area (Å²) in [5.74, 6) is 0.444. The first-order chi connectivity index (χ1) is 10.1. The van der Waals surface area contributed by atoms with Gasteiger partial charge in [-0.3, -0.25) is 10.1 Å². The van der Waals surface area contributed by atoms with Crippen LogP contribution in [0.15, 0.2) is 54.6 Å². The van der Waals surface area contributed by atoms with Crippen molar-refractivity contribution in [3.05, 3.63) is 70.3 Å². The minimum absolute atomic E-state index is 0.00781. The maximum absolute atomic E-state index is 10.5. The van der Waals surface area contributed by atoms with Gasteiger partial charge in [0.05, 0.1) is 11.0 Å². The van der Waals surface area contributed by atoms with E-state index in [9.17, 15) is 15.2 Å². The largest absolute Gasteiger partial charge is 0.491 e. The summed E-state index contributed by atoms with van der Waals surface area (Å²) in [4.78, 5) is 10.1. The van der Waals surface area contributed by atoms with Gasteiger partial charge in [0.2, 0.25) is 0 Å². The van der Waals surface area contributed by atoms with E-state index in [-0.39, 0.29) is 12.3 Å². The van der Waals surface area contributed by atoms with Crippen molar-refractivity contribution in [1.82, 2.24) is 0 Å². The van der Waals surface area contributed by atoms with Crippen molar-refractivity contribution in [2.75, 3.05) is 6.61 Å². The molecule has 0 saturated carbocycles. The normalized spacial score (nSPS) is 13.4. The zero-order valence-corrected chi connectivity index (χ0v) is 11.3. The zero-order valence-electron chi connectivity index (χ0n) is 11.3. The molecule has 3 N–H and O–H groups in total. The number of nitrogens with two attached hydrogens (primary N) is 1. The van der Waals surface area contributed by atoms with Crippen LogP contribution in [0.5, 0.6) is 5.75 Å². The number of ether oxygens (including phenoxy) is 1. The number of nitro groups is 1. The Kier molecular flexibility index (Phi) is 4.86. The number of hydrogen-bond acceptors (Lipinski definition) is 5. The fourth-order valence-electron chi connectivity index (χ4n) is 1.85. The molecule has 0 radical (unpaired) electrons. The summed E-state index contributed by atoms with van der Waals surface area (Å²) in [6.07, 6.45) is -0.873. The minimum Gasteiger partial charge on any atom is -0.491 e. The van der Waals surface area contributed by atoms with Crippen molar-refractivity contribution in [3.63, 3.8) is 0 Å². The molecular weight excluding hydrogens is 272 g/mol. The average molecular weight is 288 g/mol. The van der Waals surface area contributed by atoms with Crippen LogP contribution in [0, 0.1) is 10.1 Å². The van der Waals surface area contributed by atoms with E-state index >= 15 is 0 Å². The summed E-state index contributed by atoms with van der Waals surface area (Å²) in [5, 5.41) is 20.5. The Labute approximate surface area is 121 Å². The van der Waals surface area contributed by atoms with E-state index in [0.29, 0.717) is 5.75 Å². The number of hydrogen-bond donors (Lipinski definition) is 2. The molecule has 0 aliphatic heterocycles. The molecule has 0 aromatic heterocycles. The Morgan fingerprint density at radius 1 is 1.14 bits per heavy atom. The lowest BCUT2D eigenvalue weighted by Gasteiger charge is -2.19. The van der Waals surface area contributed by atoms with Gasteiger partial charge in [-0.15, -0.1) is 0 Å². The van der Waals surface area contributed by atoms with E-state index in [1.165, 1.54) is 24.3 Å². The predicted molar refractivity (Wildman–Crippen MR) is 78.0 cm³/mol. The Hall–Kier alpha value is -2.44. The van der Waals surface area contributed by atoms with Crippen molar-refractivity contribution in [1.29, 1.82) is 0 Å². The third kappa shape index (κ3) is 4.01. The Balaban J connectivity index is 1.91. The van der Waals surface area contributed by atoms with Crippen molar-refractivity contribution >= 4 is 5.69 Å². The van der Waals surface area contributed by atoms with Gasteiger partial charge in [-0.05, 0) is 17.7 Å². The second-order valence-corrected chi connectivity index (χ2v) is 4.57. The standard InChI is InChI=1S/C15H16N2O4/c16-15(11-4-2-1-3-5-11)14(18)10-21-13-8-6-12(7-9-13)17(19)20/h1-9,14-15,18H,10,16H2. The van der Waals surface area contributed by atoms with Crippen LogP contribution in [0.4, 0.5) is 5.69 Å². The first-order valence-corrected chi connectivity index (χ1v) is 6.44. The average Bonchev–Trinajstić information content (AvgIpc) is 2.53. The van der Waals surface area contributed by atoms with Gasteiger partial charge < -0.3 is 15.6 Å². The van der Waals surface area contributed by atoms with Gasteiger partial charge >= 0.3 is 0 Å². The quantitative estimate of drug-likeness (QED) is 0.626. The number of aliphatic hydroxyl groups excluding tert-OH is 1. The van der Waals surface area contributed by atoms with Crippen LogP contribution in [0.2, 0.25) is 0 Å². The van der Waals surface area contributed by atoms with Crippen LogP contribution < -0.4 is 10.5 Å². The summed E-state index contributed by atoms with van der Waals surface area (Å²) < 4.78 is 5.39.